The van der Waals surface area contributed by atoms with E-state index >= 15 is 0 Å². The largest absolute Gasteiger partial charge is 0.478 e. The molecule has 152 valence electrons. The van der Waals surface area contributed by atoms with Crippen LogP contribution in [-0.2, 0) is 16.1 Å². The maximum Gasteiger partial charge on any atom is 0.266 e. The summed E-state index contributed by atoms with van der Waals surface area (Å²) in [6.45, 7) is 4.90. The number of hydrogen-bond donors (Lipinski definition) is 1. The molecule has 2 aliphatic rings. The first-order chi connectivity index (χ1) is 14.0. The molecule has 0 saturated carbocycles. The summed E-state index contributed by atoms with van der Waals surface area (Å²) < 4.78 is 19.6. The second-order valence-electron chi connectivity index (χ2n) is 7.55. The van der Waals surface area contributed by atoms with Crippen LogP contribution in [0.25, 0.3) is 0 Å². The maximum atomic E-state index is 13.8. The van der Waals surface area contributed by atoms with Crippen LogP contribution in [0.1, 0.15) is 17.5 Å². The van der Waals surface area contributed by atoms with E-state index in [1.165, 1.54) is 6.07 Å². The lowest BCUT2D eigenvalue weighted by molar-refractivity contribution is -0.138. The quantitative estimate of drug-likeness (QED) is 0.862. The Labute approximate surface area is 169 Å². The van der Waals surface area contributed by atoms with Gasteiger partial charge in [0.1, 0.15) is 11.6 Å². The molecule has 2 aliphatic heterocycles. The number of nitrogens with zero attached hydrogens (tertiary/aromatic N) is 2. The standard InChI is InChI=1S/C22H24FN3O3/c1-15-6-7-19-18(12-15)24-22(28)20(29-19)13-21(27)26-10-8-25(9-11-26)14-16-4-2-3-5-17(16)23/h2-7,12,20H,8-11,13-14H2,1H3,(H,24,28). The molecule has 0 radical (unpaired) electrons. The van der Waals surface area contributed by atoms with Gasteiger partial charge in [0, 0.05) is 38.3 Å². The first-order valence-electron chi connectivity index (χ1n) is 9.81. The van der Waals surface area contributed by atoms with Crippen molar-refractivity contribution in [3.63, 3.8) is 0 Å². The Morgan fingerprint density at radius 3 is 2.69 bits per heavy atom. The van der Waals surface area contributed by atoms with Gasteiger partial charge in [0.05, 0.1) is 12.1 Å². The molecule has 6 nitrogen and oxygen atoms in total. The zero-order valence-electron chi connectivity index (χ0n) is 16.4. The molecule has 0 spiro atoms. The third kappa shape index (κ3) is 4.40. The first kappa shape index (κ1) is 19.4. The van der Waals surface area contributed by atoms with E-state index in [1.807, 2.05) is 31.2 Å². The van der Waals surface area contributed by atoms with Crippen molar-refractivity contribution in [3.8, 4) is 5.75 Å². The number of halogens is 1. The fraction of sp³-hybridized carbons (Fsp3) is 0.364. The topological polar surface area (TPSA) is 61.9 Å². The second-order valence-corrected chi connectivity index (χ2v) is 7.55. The van der Waals surface area contributed by atoms with Crippen LogP contribution in [0.5, 0.6) is 5.75 Å². The van der Waals surface area contributed by atoms with Gasteiger partial charge in [-0.15, -0.1) is 0 Å². The number of amides is 2. The summed E-state index contributed by atoms with van der Waals surface area (Å²) in [5.74, 6) is -0.0226. The molecule has 0 aliphatic carbocycles. The van der Waals surface area contributed by atoms with Gasteiger partial charge in [-0.05, 0) is 30.7 Å². The molecule has 0 aromatic heterocycles. The normalized spacial score (nSPS) is 19.3. The van der Waals surface area contributed by atoms with Crippen LogP contribution < -0.4 is 10.1 Å². The molecule has 29 heavy (non-hydrogen) atoms. The Morgan fingerprint density at radius 2 is 1.93 bits per heavy atom. The summed E-state index contributed by atoms with van der Waals surface area (Å²) >= 11 is 0. The highest BCUT2D eigenvalue weighted by Crippen LogP contribution is 2.31. The molecule has 1 atom stereocenters. The number of benzene rings is 2. The number of anilines is 1. The smallest absolute Gasteiger partial charge is 0.266 e. The number of piperazine rings is 1. The van der Waals surface area contributed by atoms with Gasteiger partial charge >= 0.3 is 0 Å². The molecule has 2 aromatic rings. The molecular formula is C22H24FN3O3. The third-order valence-electron chi connectivity index (χ3n) is 5.39. The lowest BCUT2D eigenvalue weighted by atomic mass is 10.1. The van der Waals surface area contributed by atoms with E-state index in [-0.39, 0.29) is 24.1 Å². The second kappa shape index (κ2) is 8.21. The Hall–Kier alpha value is -2.93. The van der Waals surface area contributed by atoms with Crippen LogP contribution in [0.15, 0.2) is 42.5 Å². The van der Waals surface area contributed by atoms with Gasteiger partial charge in [0.15, 0.2) is 6.10 Å². The number of carbonyl (C=O) groups is 2. The van der Waals surface area contributed by atoms with Crippen LogP contribution in [0, 0.1) is 12.7 Å². The van der Waals surface area contributed by atoms with Crippen LogP contribution in [-0.4, -0.2) is 53.9 Å². The molecule has 2 aromatic carbocycles. The minimum absolute atomic E-state index is 0.00641. The zero-order chi connectivity index (χ0) is 20.4. The molecule has 0 bridgehead atoms. The number of fused-ring (bicyclic) bond motifs is 1. The Morgan fingerprint density at radius 1 is 1.17 bits per heavy atom. The highest BCUT2D eigenvalue weighted by atomic mass is 19.1. The minimum Gasteiger partial charge on any atom is -0.478 e. The predicted octanol–water partition coefficient (Wildman–Crippen LogP) is 2.57. The zero-order valence-corrected chi connectivity index (χ0v) is 16.4. The summed E-state index contributed by atoms with van der Waals surface area (Å²) in [6.07, 6.45) is -0.818. The van der Waals surface area contributed by atoms with Crippen molar-refractivity contribution in [2.75, 3.05) is 31.5 Å². The lowest BCUT2D eigenvalue weighted by Crippen LogP contribution is -2.50. The SMILES string of the molecule is Cc1ccc2c(c1)NC(=O)C(CC(=O)N1CCN(Cc3ccccc3F)CC1)O2. The van der Waals surface area contributed by atoms with Gasteiger partial charge in [-0.3, -0.25) is 14.5 Å². The summed E-state index contributed by atoms with van der Waals surface area (Å²) in [7, 11) is 0. The van der Waals surface area contributed by atoms with E-state index in [0.29, 0.717) is 49.7 Å². The maximum absolute atomic E-state index is 13.8. The van der Waals surface area contributed by atoms with E-state index in [4.69, 9.17) is 4.74 Å². The summed E-state index contributed by atoms with van der Waals surface area (Å²) in [5.41, 5.74) is 2.32. The van der Waals surface area contributed by atoms with Gasteiger partial charge in [0.25, 0.3) is 5.91 Å². The van der Waals surface area contributed by atoms with Crippen LogP contribution in [0.4, 0.5) is 10.1 Å². The highest BCUT2D eigenvalue weighted by Gasteiger charge is 2.32. The molecular weight excluding hydrogens is 373 g/mol. The van der Waals surface area contributed by atoms with Crippen molar-refractivity contribution < 1.29 is 18.7 Å². The molecule has 1 saturated heterocycles. The molecule has 1 N–H and O–H groups in total. The van der Waals surface area contributed by atoms with Gasteiger partial charge in [-0.1, -0.05) is 24.3 Å². The van der Waals surface area contributed by atoms with Gasteiger partial charge in [-0.2, -0.15) is 0 Å². The molecule has 1 unspecified atom stereocenters. The third-order valence-corrected chi connectivity index (χ3v) is 5.39. The van der Waals surface area contributed by atoms with Gasteiger partial charge in [-0.25, -0.2) is 4.39 Å². The fourth-order valence-corrected chi connectivity index (χ4v) is 3.71. The minimum atomic E-state index is -0.825. The average Bonchev–Trinajstić information content (AvgIpc) is 2.71. The van der Waals surface area contributed by atoms with Crippen molar-refractivity contribution >= 4 is 17.5 Å². The number of ether oxygens (including phenoxy) is 1. The average molecular weight is 397 g/mol. The van der Waals surface area contributed by atoms with Crippen LogP contribution in [0.2, 0.25) is 0 Å². The Kier molecular flexibility index (Phi) is 5.49. The Bertz CT molecular complexity index is 925. The van der Waals surface area contributed by atoms with Crippen LogP contribution >= 0.6 is 0 Å². The van der Waals surface area contributed by atoms with E-state index in [0.717, 1.165) is 5.56 Å². The number of rotatable bonds is 4. The number of hydrogen-bond acceptors (Lipinski definition) is 4. The van der Waals surface area contributed by atoms with Crippen LogP contribution in [0.3, 0.4) is 0 Å². The Balaban J connectivity index is 1.30. The summed E-state index contributed by atoms with van der Waals surface area (Å²) in [5, 5.41) is 2.82. The summed E-state index contributed by atoms with van der Waals surface area (Å²) in [6, 6.07) is 12.3. The van der Waals surface area contributed by atoms with Crippen molar-refractivity contribution in [1.29, 1.82) is 0 Å². The van der Waals surface area contributed by atoms with E-state index in [2.05, 4.69) is 10.2 Å². The fourth-order valence-electron chi connectivity index (χ4n) is 3.71. The van der Waals surface area contributed by atoms with Crippen molar-refractivity contribution in [2.24, 2.45) is 0 Å². The molecule has 2 heterocycles. The van der Waals surface area contributed by atoms with E-state index in [1.54, 1.807) is 17.0 Å². The van der Waals surface area contributed by atoms with E-state index < -0.39 is 6.10 Å². The van der Waals surface area contributed by atoms with Gasteiger partial charge in [0.2, 0.25) is 5.91 Å². The molecule has 7 heteroatoms. The highest BCUT2D eigenvalue weighted by molar-refractivity contribution is 6.00. The molecule has 4 rings (SSSR count). The number of aryl methyl sites for hydroxylation is 1. The molecule has 2 amide bonds. The molecule has 1 fully saturated rings. The first-order valence-corrected chi connectivity index (χ1v) is 9.81. The van der Waals surface area contributed by atoms with E-state index in [9.17, 15) is 14.0 Å². The lowest BCUT2D eigenvalue weighted by Gasteiger charge is -2.35. The van der Waals surface area contributed by atoms with Crippen molar-refractivity contribution in [1.82, 2.24) is 9.80 Å². The monoisotopic (exact) mass is 397 g/mol. The summed E-state index contributed by atoms with van der Waals surface area (Å²) in [4.78, 5) is 28.9. The predicted molar refractivity (Wildman–Crippen MR) is 107 cm³/mol. The number of carbonyl (C=O) groups excluding carboxylic acids is 2. The number of nitrogens with one attached hydrogen (secondary N) is 1. The van der Waals surface area contributed by atoms with Crippen molar-refractivity contribution in [3.05, 3.63) is 59.4 Å². The van der Waals surface area contributed by atoms with Crippen molar-refractivity contribution in [2.45, 2.75) is 26.0 Å². The van der Waals surface area contributed by atoms with Gasteiger partial charge < -0.3 is 15.0 Å².